The fourth-order valence-corrected chi connectivity index (χ4v) is 5.63. The highest BCUT2D eigenvalue weighted by Gasteiger charge is 2.35. The first-order valence-corrected chi connectivity index (χ1v) is 13.9. The molecule has 1 fully saturated rings. The fourth-order valence-electron chi connectivity index (χ4n) is 2.86. The van der Waals surface area contributed by atoms with E-state index in [1.807, 2.05) is 39.3 Å². The second kappa shape index (κ2) is 12.9. The largest absolute Gasteiger partial charge is 0.449 e. The molecule has 1 heterocycles. The van der Waals surface area contributed by atoms with Gasteiger partial charge in [0.25, 0.3) is 7.52 Å². The van der Waals surface area contributed by atoms with Crippen LogP contribution in [0.1, 0.15) is 47.5 Å². The maximum Gasteiger partial charge on any atom is 0.407 e. The van der Waals surface area contributed by atoms with Gasteiger partial charge in [0.2, 0.25) is 5.91 Å². The molecule has 0 aromatic carbocycles. The molecule has 0 radical (unpaired) electrons. The SMILES string of the molecule is CCP(=O)(OCC(C)(C)I)N1CCC(NC(=O)[C@H](CS)NC(=O)OCC(C)C)CC1. The van der Waals surface area contributed by atoms with Crippen LogP contribution in [0, 0.1) is 5.92 Å². The molecule has 0 aromatic heterocycles. The Balaban J connectivity index is 2.53. The molecule has 1 aliphatic rings. The predicted molar refractivity (Wildman–Crippen MR) is 132 cm³/mol. The number of nitrogens with zero attached hydrogens (tertiary/aromatic N) is 1. The quantitative estimate of drug-likeness (QED) is 0.150. The van der Waals surface area contributed by atoms with E-state index in [9.17, 15) is 14.2 Å². The summed E-state index contributed by atoms with van der Waals surface area (Å²) in [7, 11) is -2.86. The molecule has 1 aliphatic heterocycles. The molecule has 0 aromatic rings. The Morgan fingerprint density at radius 3 is 2.37 bits per heavy atom. The third-order valence-corrected chi connectivity index (χ3v) is 7.87. The van der Waals surface area contributed by atoms with Crippen molar-refractivity contribution in [1.82, 2.24) is 15.3 Å². The molecular formula is C19H37IN3O5PS. The van der Waals surface area contributed by atoms with Crippen LogP contribution in [0.5, 0.6) is 0 Å². The van der Waals surface area contributed by atoms with Crippen LogP contribution in [0.3, 0.4) is 0 Å². The van der Waals surface area contributed by atoms with Crippen LogP contribution in [0.15, 0.2) is 0 Å². The molecule has 0 spiro atoms. The molecule has 11 heteroatoms. The summed E-state index contributed by atoms with van der Waals surface area (Å²) < 4.78 is 26.0. The van der Waals surface area contributed by atoms with Crippen molar-refractivity contribution in [3.8, 4) is 0 Å². The van der Waals surface area contributed by atoms with Crippen LogP contribution in [-0.2, 0) is 18.6 Å². The number of carbonyl (C=O) groups is 2. The van der Waals surface area contributed by atoms with Gasteiger partial charge in [0.15, 0.2) is 0 Å². The molecule has 0 bridgehead atoms. The minimum atomic E-state index is -2.86. The first kappa shape index (κ1) is 28.0. The van der Waals surface area contributed by atoms with Gasteiger partial charge in [0, 0.05) is 34.5 Å². The Labute approximate surface area is 200 Å². The monoisotopic (exact) mass is 577 g/mol. The minimum absolute atomic E-state index is 0.0454. The maximum absolute atomic E-state index is 13.2. The first-order chi connectivity index (χ1) is 13.9. The highest BCUT2D eigenvalue weighted by molar-refractivity contribution is 14.1. The molecule has 176 valence electrons. The Hall–Kier alpha value is -0.0300. The highest BCUT2D eigenvalue weighted by Crippen LogP contribution is 2.52. The molecular weight excluding hydrogens is 540 g/mol. The van der Waals surface area contributed by atoms with E-state index in [4.69, 9.17) is 9.26 Å². The lowest BCUT2D eigenvalue weighted by atomic mass is 10.1. The number of ether oxygens (including phenoxy) is 1. The van der Waals surface area contributed by atoms with E-state index in [1.165, 1.54) is 0 Å². The van der Waals surface area contributed by atoms with Crippen LogP contribution < -0.4 is 10.6 Å². The van der Waals surface area contributed by atoms with E-state index < -0.39 is 19.7 Å². The van der Waals surface area contributed by atoms with Gasteiger partial charge in [0.1, 0.15) is 6.04 Å². The lowest BCUT2D eigenvalue weighted by molar-refractivity contribution is -0.123. The predicted octanol–water partition coefficient (Wildman–Crippen LogP) is 3.69. The highest BCUT2D eigenvalue weighted by atomic mass is 127. The zero-order valence-corrected chi connectivity index (χ0v) is 22.6. The lowest BCUT2D eigenvalue weighted by Gasteiger charge is -2.37. The number of alkyl halides is 1. The number of hydrogen-bond acceptors (Lipinski definition) is 6. The molecule has 2 amide bonds. The summed E-state index contributed by atoms with van der Waals surface area (Å²) in [5.41, 5.74) is 0. The van der Waals surface area contributed by atoms with Crippen molar-refractivity contribution >= 4 is 54.7 Å². The Kier molecular flexibility index (Phi) is 12.0. The molecule has 0 aliphatic carbocycles. The van der Waals surface area contributed by atoms with Gasteiger partial charge >= 0.3 is 6.09 Å². The fraction of sp³-hybridized carbons (Fsp3) is 0.895. The number of piperidine rings is 1. The molecule has 0 saturated carbocycles. The van der Waals surface area contributed by atoms with Crippen LogP contribution in [0.25, 0.3) is 0 Å². The third kappa shape index (κ3) is 10.1. The Morgan fingerprint density at radius 1 is 1.30 bits per heavy atom. The zero-order chi connectivity index (χ0) is 22.9. The van der Waals surface area contributed by atoms with Crippen molar-refractivity contribution in [2.45, 2.75) is 63.0 Å². The molecule has 1 unspecified atom stereocenters. The van der Waals surface area contributed by atoms with Crippen molar-refractivity contribution < 1.29 is 23.4 Å². The smallest absolute Gasteiger partial charge is 0.407 e. The number of hydrogen-bond donors (Lipinski definition) is 3. The van der Waals surface area contributed by atoms with E-state index in [0.29, 0.717) is 45.3 Å². The number of halogens is 1. The van der Waals surface area contributed by atoms with E-state index in [-0.39, 0.29) is 27.0 Å². The summed E-state index contributed by atoms with van der Waals surface area (Å²) in [6, 6.07) is -0.807. The Bertz CT molecular complexity index is 609. The van der Waals surface area contributed by atoms with E-state index in [1.54, 1.807) is 0 Å². The summed E-state index contributed by atoms with van der Waals surface area (Å²) in [5, 5.41) is 5.53. The standard InChI is InChI=1S/C19H37IN3O5PS/c1-6-29(26,28-13-19(4,5)20)23-9-7-15(8-10-23)21-17(24)16(12-30)22-18(25)27-11-14(2)3/h14-16,30H,6-13H2,1-5H3,(H,21,24)(H,22,25)/t16-,29?/m0/s1. The first-order valence-electron chi connectivity index (χ1n) is 10.4. The Morgan fingerprint density at radius 2 is 1.90 bits per heavy atom. The van der Waals surface area contributed by atoms with Gasteiger partial charge in [-0.2, -0.15) is 12.6 Å². The average Bonchev–Trinajstić information content (AvgIpc) is 2.68. The van der Waals surface area contributed by atoms with Gasteiger partial charge < -0.3 is 19.9 Å². The van der Waals surface area contributed by atoms with Gasteiger partial charge in [-0.05, 0) is 32.6 Å². The van der Waals surface area contributed by atoms with Crippen LogP contribution in [-0.4, -0.2) is 70.4 Å². The van der Waals surface area contributed by atoms with Crippen LogP contribution in [0.2, 0.25) is 0 Å². The number of thiol groups is 1. The van der Waals surface area contributed by atoms with E-state index in [0.717, 1.165) is 0 Å². The summed E-state index contributed by atoms with van der Waals surface area (Å²) in [6.45, 7) is 11.7. The van der Waals surface area contributed by atoms with Gasteiger partial charge in [-0.25, -0.2) is 9.46 Å². The van der Waals surface area contributed by atoms with Crippen molar-refractivity contribution in [1.29, 1.82) is 0 Å². The van der Waals surface area contributed by atoms with Gasteiger partial charge in [-0.3, -0.25) is 9.36 Å². The van der Waals surface area contributed by atoms with E-state index >= 15 is 0 Å². The molecule has 30 heavy (non-hydrogen) atoms. The normalized spacial score (nSPS) is 19.2. The van der Waals surface area contributed by atoms with Crippen LogP contribution in [0.4, 0.5) is 4.79 Å². The molecule has 1 saturated heterocycles. The summed E-state index contributed by atoms with van der Waals surface area (Å²) in [6.07, 6.45) is 1.18. The maximum atomic E-state index is 13.2. The number of carbonyl (C=O) groups excluding carboxylic acids is 2. The van der Waals surface area contributed by atoms with Gasteiger partial charge in [0.05, 0.1) is 13.2 Å². The lowest BCUT2D eigenvalue weighted by Crippen LogP contribution is -2.52. The zero-order valence-electron chi connectivity index (χ0n) is 18.6. The number of amides is 2. The summed E-state index contributed by atoms with van der Waals surface area (Å²) in [5.74, 6) is 0.105. The number of alkyl carbamates (subject to hydrolysis) is 1. The third-order valence-electron chi connectivity index (χ3n) is 4.60. The molecule has 2 atom stereocenters. The van der Waals surface area contributed by atoms with E-state index in [2.05, 4.69) is 45.9 Å². The second-order valence-electron chi connectivity index (χ2n) is 8.55. The van der Waals surface area contributed by atoms with Crippen molar-refractivity contribution in [2.75, 3.05) is 38.2 Å². The van der Waals surface area contributed by atoms with Crippen molar-refractivity contribution in [2.24, 2.45) is 5.92 Å². The second-order valence-corrected chi connectivity index (χ2v) is 14.6. The molecule has 2 N–H and O–H groups in total. The number of nitrogens with one attached hydrogen (secondary N) is 2. The average molecular weight is 577 g/mol. The minimum Gasteiger partial charge on any atom is -0.449 e. The van der Waals surface area contributed by atoms with Crippen LogP contribution >= 0.6 is 42.7 Å². The van der Waals surface area contributed by atoms with Crippen molar-refractivity contribution in [3.05, 3.63) is 0 Å². The molecule has 1 rings (SSSR count). The van der Waals surface area contributed by atoms with Crippen molar-refractivity contribution in [3.63, 3.8) is 0 Å². The summed E-state index contributed by atoms with van der Waals surface area (Å²) >= 11 is 6.46. The van der Waals surface area contributed by atoms with Gasteiger partial charge in [-0.15, -0.1) is 0 Å². The molecule has 8 nitrogen and oxygen atoms in total. The van der Waals surface area contributed by atoms with Gasteiger partial charge in [-0.1, -0.05) is 43.4 Å². The topological polar surface area (TPSA) is 97.0 Å². The number of rotatable bonds is 11. The summed E-state index contributed by atoms with van der Waals surface area (Å²) in [4.78, 5) is 24.4.